The Bertz CT molecular complexity index is 1470. The Morgan fingerprint density at radius 2 is 1.13 bits per heavy atom. The van der Waals surface area contributed by atoms with Crippen LogP contribution in [0.3, 0.4) is 0 Å². The highest BCUT2D eigenvalue weighted by atomic mass is 19.1. The van der Waals surface area contributed by atoms with E-state index in [-0.39, 0.29) is 28.6 Å². The van der Waals surface area contributed by atoms with Gasteiger partial charge in [-0.25, -0.2) is 18.8 Å². The summed E-state index contributed by atoms with van der Waals surface area (Å²) >= 11 is 0. The maximum atomic E-state index is 15.3. The lowest BCUT2D eigenvalue weighted by molar-refractivity contribution is -0.131. The van der Waals surface area contributed by atoms with Crippen LogP contribution < -0.4 is 18.9 Å². The quantitative estimate of drug-likeness (QED) is 0.117. The highest BCUT2D eigenvalue weighted by Gasteiger charge is 2.17. The van der Waals surface area contributed by atoms with Crippen molar-refractivity contribution in [2.75, 3.05) is 0 Å². The standard InChI is InChI=1S/C30H23FO8/c1-5-27(32)36-23-13-10-19(16-25(23)38-29(34)7-3)18-9-12-21(22(31)15-18)20-11-14-24(37-28(33)6-2)26(17-20)39-30(35)8-4/h5-17,30,35H,1-4H2. The van der Waals surface area contributed by atoms with Gasteiger partial charge in [-0.15, -0.1) is 0 Å². The molecule has 3 aromatic rings. The molecule has 0 radical (unpaired) electrons. The summed E-state index contributed by atoms with van der Waals surface area (Å²) in [6, 6.07) is 13.0. The number of ether oxygens (including phenoxy) is 4. The Morgan fingerprint density at radius 1 is 0.667 bits per heavy atom. The minimum Gasteiger partial charge on any atom is -0.458 e. The Hall–Kier alpha value is -5.28. The summed E-state index contributed by atoms with van der Waals surface area (Å²) in [5.74, 6) is -3.08. The average Bonchev–Trinajstić information content (AvgIpc) is 2.94. The first-order valence-corrected chi connectivity index (χ1v) is 11.3. The Morgan fingerprint density at radius 3 is 1.67 bits per heavy atom. The van der Waals surface area contributed by atoms with Crippen molar-refractivity contribution >= 4 is 17.9 Å². The molecule has 0 bridgehead atoms. The fourth-order valence-electron chi connectivity index (χ4n) is 3.26. The van der Waals surface area contributed by atoms with Gasteiger partial charge in [0.25, 0.3) is 0 Å². The molecule has 0 heterocycles. The second kappa shape index (κ2) is 12.8. The van der Waals surface area contributed by atoms with Gasteiger partial charge in [-0.1, -0.05) is 50.6 Å². The van der Waals surface area contributed by atoms with E-state index in [9.17, 15) is 19.5 Å². The van der Waals surface area contributed by atoms with Crippen LogP contribution in [0.15, 0.2) is 105 Å². The number of aliphatic hydroxyl groups excluding tert-OH is 1. The normalized spacial score (nSPS) is 10.9. The Balaban J connectivity index is 2.00. The molecule has 0 spiro atoms. The van der Waals surface area contributed by atoms with Crippen molar-refractivity contribution in [3.05, 3.63) is 111 Å². The molecule has 0 aliphatic rings. The third-order valence-corrected chi connectivity index (χ3v) is 5.08. The molecular weight excluding hydrogens is 507 g/mol. The van der Waals surface area contributed by atoms with Crippen molar-refractivity contribution in [1.82, 2.24) is 0 Å². The number of benzene rings is 3. The molecule has 0 aliphatic heterocycles. The van der Waals surface area contributed by atoms with E-state index in [0.717, 1.165) is 24.3 Å². The van der Waals surface area contributed by atoms with E-state index in [1.165, 1.54) is 42.5 Å². The molecule has 0 saturated carbocycles. The summed E-state index contributed by atoms with van der Waals surface area (Å²) in [5.41, 5.74) is 1.41. The van der Waals surface area contributed by atoms with Crippen molar-refractivity contribution in [1.29, 1.82) is 0 Å². The van der Waals surface area contributed by atoms with E-state index >= 15 is 4.39 Å². The number of carbonyl (C=O) groups excluding carboxylic acids is 3. The van der Waals surface area contributed by atoms with Gasteiger partial charge in [-0.05, 0) is 53.1 Å². The van der Waals surface area contributed by atoms with Crippen LogP contribution in [-0.4, -0.2) is 29.3 Å². The summed E-state index contributed by atoms with van der Waals surface area (Å²) in [5, 5.41) is 9.84. The first kappa shape index (κ1) is 28.3. The fraction of sp³-hybridized carbons (Fsp3) is 0.0333. The van der Waals surface area contributed by atoms with Crippen LogP contribution in [0.5, 0.6) is 23.0 Å². The van der Waals surface area contributed by atoms with Crippen LogP contribution >= 0.6 is 0 Å². The summed E-state index contributed by atoms with van der Waals surface area (Å²) < 4.78 is 36.1. The molecule has 1 N–H and O–H groups in total. The zero-order valence-electron chi connectivity index (χ0n) is 20.6. The van der Waals surface area contributed by atoms with Crippen molar-refractivity contribution in [2.24, 2.45) is 0 Å². The Labute approximate surface area is 223 Å². The number of halogens is 1. The van der Waals surface area contributed by atoms with E-state index in [2.05, 4.69) is 26.3 Å². The third kappa shape index (κ3) is 7.15. The maximum Gasteiger partial charge on any atom is 0.335 e. The van der Waals surface area contributed by atoms with E-state index in [1.807, 2.05) is 0 Å². The highest BCUT2D eigenvalue weighted by Crippen LogP contribution is 2.37. The van der Waals surface area contributed by atoms with Crippen molar-refractivity contribution in [2.45, 2.75) is 6.29 Å². The van der Waals surface area contributed by atoms with Crippen molar-refractivity contribution in [3.8, 4) is 45.3 Å². The molecule has 1 unspecified atom stereocenters. The minimum atomic E-state index is -1.41. The maximum absolute atomic E-state index is 15.3. The van der Waals surface area contributed by atoms with Crippen LogP contribution in [0.1, 0.15) is 0 Å². The van der Waals surface area contributed by atoms with Crippen LogP contribution in [0, 0.1) is 5.82 Å². The van der Waals surface area contributed by atoms with Gasteiger partial charge in [-0.2, -0.15) is 0 Å². The predicted octanol–water partition coefficient (Wildman–Crippen LogP) is 5.32. The number of carbonyl (C=O) groups is 3. The molecule has 198 valence electrons. The largest absolute Gasteiger partial charge is 0.458 e. The number of aliphatic hydroxyl groups is 1. The van der Waals surface area contributed by atoms with E-state index in [0.29, 0.717) is 16.7 Å². The molecule has 3 aromatic carbocycles. The van der Waals surface area contributed by atoms with Gasteiger partial charge in [-0.3, -0.25) is 0 Å². The molecule has 0 saturated heterocycles. The number of hydrogen-bond acceptors (Lipinski definition) is 8. The number of esters is 3. The van der Waals surface area contributed by atoms with Crippen molar-refractivity contribution in [3.63, 3.8) is 0 Å². The smallest absolute Gasteiger partial charge is 0.335 e. The first-order valence-electron chi connectivity index (χ1n) is 11.3. The van der Waals surface area contributed by atoms with Gasteiger partial charge >= 0.3 is 17.9 Å². The Kier molecular flexibility index (Phi) is 9.28. The average molecular weight is 531 g/mol. The molecule has 0 aliphatic carbocycles. The van der Waals surface area contributed by atoms with Crippen molar-refractivity contribution < 1.29 is 42.8 Å². The van der Waals surface area contributed by atoms with Crippen LogP contribution in [0.25, 0.3) is 22.3 Å². The van der Waals surface area contributed by atoms with E-state index in [4.69, 9.17) is 18.9 Å². The molecule has 1 atom stereocenters. The fourth-order valence-corrected chi connectivity index (χ4v) is 3.26. The molecular formula is C30H23FO8. The van der Waals surface area contributed by atoms with Crippen LogP contribution in [0.2, 0.25) is 0 Å². The molecule has 0 fully saturated rings. The van der Waals surface area contributed by atoms with Gasteiger partial charge < -0.3 is 24.1 Å². The van der Waals surface area contributed by atoms with Gasteiger partial charge in [0, 0.05) is 23.8 Å². The van der Waals surface area contributed by atoms with Crippen LogP contribution in [-0.2, 0) is 14.4 Å². The molecule has 39 heavy (non-hydrogen) atoms. The summed E-state index contributed by atoms with van der Waals surface area (Å²) in [6.07, 6.45) is 2.55. The molecule has 3 rings (SSSR count). The first-order chi connectivity index (χ1) is 18.7. The summed E-state index contributed by atoms with van der Waals surface area (Å²) in [4.78, 5) is 35.1. The third-order valence-electron chi connectivity index (χ3n) is 5.08. The molecule has 0 aromatic heterocycles. The molecule has 8 nitrogen and oxygen atoms in total. The van der Waals surface area contributed by atoms with Gasteiger partial charge in [0.05, 0.1) is 0 Å². The predicted molar refractivity (Wildman–Crippen MR) is 142 cm³/mol. The molecule has 9 heteroatoms. The van der Waals surface area contributed by atoms with Gasteiger partial charge in [0.1, 0.15) is 5.82 Å². The van der Waals surface area contributed by atoms with Gasteiger partial charge in [0.2, 0.25) is 6.29 Å². The van der Waals surface area contributed by atoms with Gasteiger partial charge in [0.15, 0.2) is 23.0 Å². The summed E-state index contributed by atoms with van der Waals surface area (Å²) in [7, 11) is 0. The summed E-state index contributed by atoms with van der Waals surface area (Å²) in [6.45, 7) is 13.4. The lowest BCUT2D eigenvalue weighted by Gasteiger charge is -2.15. The zero-order chi connectivity index (χ0) is 28.5. The SMILES string of the molecule is C=CC(=O)Oc1ccc(-c2ccc(-c3ccc(OC(=O)C=C)c(OC(O)C=C)c3)c(F)c2)cc1OC(=O)C=C. The highest BCUT2D eigenvalue weighted by molar-refractivity contribution is 5.87. The second-order valence-corrected chi connectivity index (χ2v) is 7.64. The molecule has 0 amide bonds. The monoisotopic (exact) mass is 530 g/mol. The topological polar surface area (TPSA) is 108 Å². The lowest BCUT2D eigenvalue weighted by atomic mass is 9.99. The zero-order valence-corrected chi connectivity index (χ0v) is 20.6. The number of hydrogen-bond donors (Lipinski definition) is 1. The minimum absolute atomic E-state index is 0.0135. The lowest BCUT2D eigenvalue weighted by Crippen LogP contribution is -2.13. The van der Waals surface area contributed by atoms with E-state index in [1.54, 1.807) is 12.1 Å². The van der Waals surface area contributed by atoms with Crippen LogP contribution in [0.4, 0.5) is 4.39 Å². The number of rotatable bonds is 11. The van der Waals surface area contributed by atoms with E-state index < -0.39 is 30.0 Å². The second-order valence-electron chi connectivity index (χ2n) is 7.64.